The van der Waals surface area contributed by atoms with Crippen LogP contribution in [0.3, 0.4) is 0 Å². The molecule has 0 spiro atoms. The number of alkyl halides is 3. The van der Waals surface area contributed by atoms with Gasteiger partial charge in [-0.1, -0.05) is 38.1 Å². The number of aliphatic carboxylic acids is 1. The normalized spacial score (nSPS) is 27.2. The van der Waals surface area contributed by atoms with E-state index in [0.717, 1.165) is 60.9 Å². The molecule has 8 heteroatoms. The fourth-order valence-corrected chi connectivity index (χ4v) is 5.01. The quantitative estimate of drug-likeness (QED) is 0.473. The van der Waals surface area contributed by atoms with Crippen LogP contribution in [0.1, 0.15) is 69.9 Å². The zero-order valence-corrected chi connectivity index (χ0v) is 21.5. The van der Waals surface area contributed by atoms with Crippen molar-refractivity contribution in [1.82, 2.24) is 0 Å². The molecule has 4 nitrogen and oxygen atoms in total. The maximum absolute atomic E-state index is 13.0. The van der Waals surface area contributed by atoms with E-state index in [2.05, 4.69) is 13.8 Å². The SMILES string of the molecule is CC12CCC(C)(CC1)C(C=CC(O)CC(O)CC(=O)O)=C(c1ccc(C(F)(F)F)cc1)C2.[Na]. The van der Waals surface area contributed by atoms with Crippen molar-refractivity contribution in [2.24, 2.45) is 10.8 Å². The molecular weight excluding hydrogens is 444 g/mol. The molecule has 1 fully saturated rings. The van der Waals surface area contributed by atoms with Crippen LogP contribution < -0.4 is 0 Å². The van der Waals surface area contributed by atoms with Crippen molar-refractivity contribution in [2.45, 2.75) is 77.2 Å². The van der Waals surface area contributed by atoms with Crippen LogP contribution in [0.15, 0.2) is 42.0 Å². The minimum Gasteiger partial charge on any atom is -0.481 e. The smallest absolute Gasteiger partial charge is 0.416 e. The van der Waals surface area contributed by atoms with Crippen molar-refractivity contribution in [2.75, 3.05) is 0 Å². The van der Waals surface area contributed by atoms with Gasteiger partial charge in [-0.25, -0.2) is 0 Å². The Morgan fingerprint density at radius 1 is 1.09 bits per heavy atom. The average Bonchev–Trinajstić information content (AvgIpc) is 2.86. The molecule has 4 rings (SSSR count). The number of benzene rings is 1. The van der Waals surface area contributed by atoms with E-state index in [1.165, 1.54) is 12.1 Å². The summed E-state index contributed by atoms with van der Waals surface area (Å²) in [6.45, 7) is 4.38. The average molecular weight is 476 g/mol. The first kappa shape index (κ1) is 28.1. The summed E-state index contributed by atoms with van der Waals surface area (Å²) >= 11 is 0. The van der Waals surface area contributed by atoms with Crippen molar-refractivity contribution in [3.05, 3.63) is 53.1 Å². The van der Waals surface area contributed by atoms with Crippen molar-refractivity contribution in [3.63, 3.8) is 0 Å². The van der Waals surface area contributed by atoms with Gasteiger partial charge in [0.25, 0.3) is 0 Å². The summed E-state index contributed by atoms with van der Waals surface area (Å²) in [5, 5.41) is 28.9. The molecule has 0 saturated heterocycles. The van der Waals surface area contributed by atoms with E-state index in [9.17, 15) is 28.2 Å². The van der Waals surface area contributed by atoms with Crippen molar-refractivity contribution >= 4 is 41.1 Å². The molecule has 2 bridgehead atoms. The first-order chi connectivity index (χ1) is 14.8. The number of allylic oxidation sites excluding steroid dienone is 3. The van der Waals surface area contributed by atoms with Gasteiger partial charge in [-0.15, -0.1) is 0 Å². The molecule has 0 amide bonds. The fourth-order valence-electron chi connectivity index (χ4n) is 5.01. The number of aliphatic hydroxyl groups excluding tert-OH is 2. The summed E-state index contributed by atoms with van der Waals surface area (Å²) in [7, 11) is 0. The van der Waals surface area contributed by atoms with E-state index < -0.39 is 36.3 Å². The number of aliphatic hydroxyl groups is 2. The summed E-state index contributed by atoms with van der Waals surface area (Å²) in [4.78, 5) is 10.7. The topological polar surface area (TPSA) is 77.8 Å². The van der Waals surface area contributed by atoms with Crippen LogP contribution in [0.5, 0.6) is 0 Å². The fraction of sp³-hybridized carbons (Fsp3) is 0.560. The van der Waals surface area contributed by atoms with E-state index in [-0.39, 0.29) is 46.8 Å². The number of carboxylic acid groups (broad SMARTS) is 1. The number of hydrogen-bond donors (Lipinski definition) is 3. The van der Waals surface area contributed by atoms with Crippen molar-refractivity contribution < 1.29 is 33.3 Å². The van der Waals surface area contributed by atoms with Crippen molar-refractivity contribution in [1.29, 1.82) is 0 Å². The summed E-state index contributed by atoms with van der Waals surface area (Å²) in [6.07, 6.45) is 0.966. The Bertz CT molecular complexity index is 897. The molecule has 2 atom stereocenters. The van der Waals surface area contributed by atoms with Crippen LogP contribution >= 0.6 is 0 Å². The molecule has 1 aromatic carbocycles. The van der Waals surface area contributed by atoms with E-state index in [0.29, 0.717) is 0 Å². The third-order valence-electron chi connectivity index (χ3n) is 7.11. The van der Waals surface area contributed by atoms with Crippen LogP contribution in [-0.2, 0) is 11.0 Å². The second kappa shape index (κ2) is 10.6. The van der Waals surface area contributed by atoms with Crippen molar-refractivity contribution in [3.8, 4) is 0 Å². The van der Waals surface area contributed by atoms with Gasteiger partial charge in [0.05, 0.1) is 24.2 Å². The van der Waals surface area contributed by atoms with Gasteiger partial charge in [0.2, 0.25) is 0 Å². The number of rotatable bonds is 7. The monoisotopic (exact) mass is 475 g/mol. The standard InChI is InChI=1S/C25H31F3O4.Na/c1-23-9-11-24(2,12-10-23)21(8-7-18(29)13-19(30)14-22(31)32)20(15-23)16-3-5-17(6-4-16)25(26,27)28;/h3-8,18-19,29-30H,9-15H2,1-2H3,(H,31,32);. The van der Waals surface area contributed by atoms with Crippen LogP contribution in [0.4, 0.5) is 13.2 Å². The van der Waals surface area contributed by atoms with Gasteiger partial charge in [0, 0.05) is 36.0 Å². The molecule has 3 aliphatic rings. The first-order valence-corrected chi connectivity index (χ1v) is 11.0. The van der Waals surface area contributed by atoms with Gasteiger partial charge in [0.15, 0.2) is 0 Å². The van der Waals surface area contributed by atoms with Crippen LogP contribution in [0, 0.1) is 10.8 Å². The molecule has 0 aliphatic heterocycles. The Morgan fingerprint density at radius 2 is 1.67 bits per heavy atom. The van der Waals surface area contributed by atoms with E-state index >= 15 is 0 Å². The minimum atomic E-state index is -4.39. The molecule has 3 N–H and O–H groups in total. The molecular formula is C25H31F3NaO4. The van der Waals surface area contributed by atoms with Gasteiger partial charge in [-0.05, 0) is 71.8 Å². The van der Waals surface area contributed by atoms with Gasteiger partial charge >= 0.3 is 12.1 Å². The Kier molecular flexibility index (Phi) is 9.07. The molecule has 1 aromatic rings. The van der Waals surface area contributed by atoms with Gasteiger partial charge in [0.1, 0.15) is 0 Å². The van der Waals surface area contributed by atoms with E-state index in [4.69, 9.17) is 5.11 Å². The predicted octanol–water partition coefficient (Wildman–Crippen LogP) is 5.21. The second-order valence-corrected chi connectivity index (χ2v) is 9.93. The number of hydrogen-bond acceptors (Lipinski definition) is 3. The molecule has 1 saturated carbocycles. The zero-order chi connectivity index (χ0) is 23.7. The number of carbonyl (C=O) groups is 1. The van der Waals surface area contributed by atoms with Crippen LogP contribution in [-0.4, -0.2) is 63.1 Å². The maximum Gasteiger partial charge on any atom is 0.416 e. The van der Waals surface area contributed by atoms with Gasteiger partial charge in [-0.3, -0.25) is 4.79 Å². The van der Waals surface area contributed by atoms with Gasteiger partial charge in [-0.2, -0.15) is 13.2 Å². The van der Waals surface area contributed by atoms with E-state index in [1.807, 2.05) is 6.08 Å². The Labute approximate surface area is 214 Å². The number of carboxylic acids is 1. The third kappa shape index (κ3) is 6.95. The van der Waals surface area contributed by atoms with Crippen LogP contribution in [0.25, 0.3) is 5.57 Å². The largest absolute Gasteiger partial charge is 0.481 e. The molecule has 0 aromatic heterocycles. The molecule has 1 radical (unpaired) electrons. The summed E-state index contributed by atoms with van der Waals surface area (Å²) in [6, 6.07) is 5.27. The Hall–Kier alpha value is -1.12. The summed E-state index contributed by atoms with van der Waals surface area (Å²) in [5.74, 6) is -1.14. The third-order valence-corrected chi connectivity index (χ3v) is 7.11. The molecule has 3 aliphatic carbocycles. The first-order valence-electron chi connectivity index (χ1n) is 11.0. The zero-order valence-electron chi connectivity index (χ0n) is 19.5. The summed E-state index contributed by atoms with van der Waals surface area (Å²) in [5.41, 5.74) is 1.97. The summed E-state index contributed by atoms with van der Waals surface area (Å²) < 4.78 is 39.1. The van der Waals surface area contributed by atoms with Gasteiger partial charge < -0.3 is 15.3 Å². The number of fused-ring (bicyclic) bond motifs is 3. The number of halogens is 3. The molecule has 0 heterocycles. The Balaban J connectivity index is 0.00000385. The van der Waals surface area contributed by atoms with Crippen LogP contribution in [0.2, 0.25) is 0 Å². The minimum absolute atomic E-state index is 0. The van der Waals surface area contributed by atoms with E-state index in [1.54, 1.807) is 6.08 Å². The second-order valence-electron chi connectivity index (χ2n) is 9.93. The molecule has 2 unspecified atom stereocenters. The predicted molar refractivity (Wildman–Crippen MR) is 121 cm³/mol. The molecule has 177 valence electrons. The molecule has 33 heavy (non-hydrogen) atoms. The Morgan fingerprint density at radius 3 is 2.18 bits per heavy atom. The maximum atomic E-state index is 13.0.